The van der Waals surface area contributed by atoms with Gasteiger partial charge in [-0.3, -0.25) is 14.3 Å². The summed E-state index contributed by atoms with van der Waals surface area (Å²) in [5.74, 6) is 0.629. The summed E-state index contributed by atoms with van der Waals surface area (Å²) < 4.78 is 29.8. The SMILES string of the molecule is CC(c1nc2cc(Cl)ccc2c(=O)n1C)N1CCN(S(=O)(=O)c2ccc(Br)cc2)CC1. The zero-order valence-electron chi connectivity index (χ0n) is 17.1. The van der Waals surface area contributed by atoms with Crippen LogP contribution in [-0.4, -0.2) is 53.4 Å². The number of hydrogen-bond acceptors (Lipinski definition) is 5. The van der Waals surface area contributed by atoms with E-state index < -0.39 is 10.0 Å². The van der Waals surface area contributed by atoms with Crippen LogP contribution in [0.1, 0.15) is 18.8 Å². The van der Waals surface area contributed by atoms with Gasteiger partial charge in [-0.2, -0.15) is 4.31 Å². The van der Waals surface area contributed by atoms with Gasteiger partial charge in [0.2, 0.25) is 10.0 Å². The van der Waals surface area contributed by atoms with Crippen molar-refractivity contribution in [3.63, 3.8) is 0 Å². The molecule has 2 aromatic carbocycles. The predicted molar refractivity (Wildman–Crippen MR) is 125 cm³/mol. The highest BCUT2D eigenvalue weighted by Gasteiger charge is 2.31. The first-order chi connectivity index (χ1) is 14.7. The zero-order valence-corrected chi connectivity index (χ0v) is 20.3. The lowest BCUT2D eigenvalue weighted by Gasteiger charge is -2.37. The van der Waals surface area contributed by atoms with Gasteiger partial charge in [0.1, 0.15) is 5.82 Å². The Morgan fingerprint density at radius 3 is 2.35 bits per heavy atom. The second-order valence-corrected chi connectivity index (χ2v) is 10.9. The normalized spacial score (nSPS) is 17.2. The van der Waals surface area contributed by atoms with Gasteiger partial charge in [-0.1, -0.05) is 27.5 Å². The van der Waals surface area contributed by atoms with Gasteiger partial charge in [0.15, 0.2) is 0 Å². The molecule has 10 heteroatoms. The lowest BCUT2D eigenvalue weighted by molar-refractivity contribution is 0.139. The van der Waals surface area contributed by atoms with Crippen molar-refractivity contribution in [1.82, 2.24) is 18.8 Å². The van der Waals surface area contributed by atoms with E-state index in [-0.39, 0.29) is 16.5 Å². The molecule has 1 saturated heterocycles. The van der Waals surface area contributed by atoms with E-state index in [0.717, 1.165) is 4.47 Å². The Morgan fingerprint density at radius 1 is 1.06 bits per heavy atom. The molecule has 0 spiro atoms. The predicted octanol–water partition coefficient (Wildman–Crippen LogP) is 3.42. The summed E-state index contributed by atoms with van der Waals surface area (Å²) >= 11 is 9.42. The van der Waals surface area contributed by atoms with Crippen LogP contribution in [0.2, 0.25) is 5.02 Å². The van der Waals surface area contributed by atoms with Crippen LogP contribution in [-0.2, 0) is 17.1 Å². The topological polar surface area (TPSA) is 75.5 Å². The molecular weight excluding hydrogens is 504 g/mol. The molecule has 0 saturated carbocycles. The van der Waals surface area contributed by atoms with Gasteiger partial charge >= 0.3 is 0 Å². The van der Waals surface area contributed by atoms with Gasteiger partial charge in [0, 0.05) is 42.7 Å². The average Bonchev–Trinajstić information content (AvgIpc) is 2.76. The largest absolute Gasteiger partial charge is 0.298 e. The van der Waals surface area contributed by atoms with Crippen molar-refractivity contribution in [2.24, 2.45) is 7.05 Å². The summed E-state index contributed by atoms with van der Waals surface area (Å²) in [6.07, 6.45) is 0. The summed E-state index contributed by atoms with van der Waals surface area (Å²) in [5.41, 5.74) is 0.439. The lowest BCUT2D eigenvalue weighted by Crippen LogP contribution is -2.49. The van der Waals surface area contributed by atoms with E-state index in [4.69, 9.17) is 16.6 Å². The van der Waals surface area contributed by atoms with Crippen molar-refractivity contribution in [3.8, 4) is 0 Å². The highest BCUT2D eigenvalue weighted by atomic mass is 79.9. The average molecular weight is 526 g/mol. The van der Waals surface area contributed by atoms with Crippen molar-refractivity contribution in [1.29, 1.82) is 0 Å². The maximum atomic E-state index is 12.9. The Bertz CT molecular complexity index is 1290. The van der Waals surface area contributed by atoms with Crippen LogP contribution in [0.5, 0.6) is 0 Å². The smallest absolute Gasteiger partial charge is 0.261 e. The quantitative estimate of drug-likeness (QED) is 0.522. The molecule has 164 valence electrons. The fraction of sp³-hybridized carbons (Fsp3) is 0.333. The van der Waals surface area contributed by atoms with Crippen molar-refractivity contribution in [2.75, 3.05) is 26.2 Å². The second kappa shape index (κ2) is 8.63. The molecule has 0 aliphatic carbocycles. The minimum atomic E-state index is -3.54. The fourth-order valence-corrected chi connectivity index (χ4v) is 5.74. The number of hydrogen-bond donors (Lipinski definition) is 0. The third-order valence-electron chi connectivity index (χ3n) is 5.72. The Balaban J connectivity index is 1.55. The minimum Gasteiger partial charge on any atom is -0.298 e. The van der Waals surface area contributed by atoms with Crippen LogP contribution in [0.4, 0.5) is 0 Å². The summed E-state index contributed by atoms with van der Waals surface area (Å²) in [6.45, 7) is 3.81. The lowest BCUT2D eigenvalue weighted by atomic mass is 10.2. The first-order valence-corrected chi connectivity index (χ1v) is 12.5. The third-order valence-corrected chi connectivity index (χ3v) is 8.40. The molecule has 0 amide bonds. The molecule has 1 aliphatic rings. The standard InChI is InChI=1S/C21H22BrClN4O3S/c1-14(20-24-19-13-16(23)5-8-18(19)21(28)25(20)2)26-9-11-27(12-10-26)31(29,30)17-6-3-15(22)4-7-17/h3-8,13-14H,9-12H2,1-2H3. The first kappa shape index (κ1) is 22.4. The van der Waals surface area contributed by atoms with E-state index in [1.807, 2.05) is 6.92 Å². The molecule has 1 fully saturated rings. The van der Waals surface area contributed by atoms with Crippen LogP contribution in [0.3, 0.4) is 0 Å². The molecule has 1 aliphatic heterocycles. The maximum Gasteiger partial charge on any atom is 0.261 e. The van der Waals surface area contributed by atoms with Crippen molar-refractivity contribution in [3.05, 3.63) is 68.1 Å². The second-order valence-electron chi connectivity index (χ2n) is 7.57. The van der Waals surface area contributed by atoms with Gasteiger partial charge < -0.3 is 0 Å². The van der Waals surface area contributed by atoms with Crippen LogP contribution in [0.15, 0.2) is 56.6 Å². The third kappa shape index (κ3) is 4.29. The molecule has 3 aromatic rings. The summed E-state index contributed by atoms with van der Waals surface area (Å²) in [4.78, 5) is 19.9. The molecule has 0 N–H and O–H groups in total. The van der Waals surface area contributed by atoms with E-state index >= 15 is 0 Å². The Kier molecular flexibility index (Phi) is 6.24. The Hall–Kier alpha value is -1.78. The van der Waals surface area contributed by atoms with Gasteiger partial charge in [-0.25, -0.2) is 13.4 Å². The van der Waals surface area contributed by atoms with Crippen LogP contribution >= 0.6 is 27.5 Å². The minimum absolute atomic E-state index is 0.125. The number of nitrogens with zero attached hydrogens (tertiary/aromatic N) is 4. The fourth-order valence-electron chi connectivity index (χ4n) is 3.89. The number of halogens is 2. The zero-order chi connectivity index (χ0) is 22.3. The molecule has 1 aromatic heterocycles. The highest BCUT2D eigenvalue weighted by Crippen LogP contribution is 2.25. The molecular formula is C21H22BrClN4O3S. The monoisotopic (exact) mass is 524 g/mol. The van der Waals surface area contributed by atoms with Gasteiger partial charge in [-0.05, 0) is 49.4 Å². The summed E-state index contributed by atoms with van der Waals surface area (Å²) in [7, 11) is -1.83. The molecule has 2 heterocycles. The number of piperazine rings is 1. The number of rotatable bonds is 4. The van der Waals surface area contributed by atoms with E-state index in [1.165, 1.54) is 4.31 Å². The van der Waals surface area contributed by atoms with Crippen LogP contribution < -0.4 is 5.56 Å². The van der Waals surface area contributed by atoms with Crippen molar-refractivity contribution < 1.29 is 8.42 Å². The van der Waals surface area contributed by atoms with Crippen molar-refractivity contribution >= 4 is 48.5 Å². The molecule has 7 nitrogen and oxygen atoms in total. The van der Waals surface area contributed by atoms with E-state index in [2.05, 4.69) is 20.8 Å². The van der Waals surface area contributed by atoms with E-state index in [9.17, 15) is 13.2 Å². The summed E-state index contributed by atoms with van der Waals surface area (Å²) in [5, 5.41) is 1.05. The van der Waals surface area contributed by atoms with E-state index in [0.29, 0.717) is 47.9 Å². The van der Waals surface area contributed by atoms with Gasteiger partial charge in [-0.15, -0.1) is 0 Å². The molecule has 4 rings (SSSR count). The molecule has 31 heavy (non-hydrogen) atoms. The molecule has 0 bridgehead atoms. The van der Waals surface area contributed by atoms with Crippen molar-refractivity contribution in [2.45, 2.75) is 17.9 Å². The number of fused-ring (bicyclic) bond motifs is 1. The van der Waals surface area contributed by atoms with Crippen LogP contribution in [0, 0.1) is 0 Å². The Morgan fingerprint density at radius 2 is 1.71 bits per heavy atom. The number of aromatic nitrogens is 2. The molecule has 1 atom stereocenters. The first-order valence-electron chi connectivity index (χ1n) is 9.84. The number of sulfonamides is 1. The molecule has 1 unspecified atom stereocenters. The van der Waals surface area contributed by atoms with Gasteiger partial charge in [0.05, 0.1) is 21.8 Å². The van der Waals surface area contributed by atoms with E-state index in [1.54, 1.807) is 54.1 Å². The van der Waals surface area contributed by atoms with Crippen LogP contribution in [0.25, 0.3) is 10.9 Å². The molecule has 0 radical (unpaired) electrons. The summed E-state index contributed by atoms with van der Waals surface area (Å²) in [6, 6.07) is 11.6. The van der Waals surface area contributed by atoms with Gasteiger partial charge in [0.25, 0.3) is 5.56 Å². The Labute approximate surface area is 194 Å². The number of benzene rings is 2. The highest BCUT2D eigenvalue weighted by molar-refractivity contribution is 9.10. The maximum absolute atomic E-state index is 12.9.